The zero-order valence-electron chi connectivity index (χ0n) is 18.7. The third kappa shape index (κ3) is 4.14. The third-order valence-electron chi connectivity index (χ3n) is 7.05. The highest BCUT2D eigenvalue weighted by atomic mass is 79.9. The highest BCUT2D eigenvalue weighted by Crippen LogP contribution is 2.60. The number of carbonyl (C=O) groups excluding carboxylic acids is 3. The normalized spacial score (nSPS) is 30.9. The van der Waals surface area contributed by atoms with E-state index < -0.39 is 35.5 Å². The molecular formula is C25H25BrClN3O5. The van der Waals surface area contributed by atoms with Gasteiger partial charge in [0.2, 0.25) is 17.7 Å². The van der Waals surface area contributed by atoms with Crippen molar-refractivity contribution in [3.05, 3.63) is 59.6 Å². The largest absolute Gasteiger partial charge is 0.396 e. The van der Waals surface area contributed by atoms with Gasteiger partial charge < -0.3 is 25.4 Å². The van der Waals surface area contributed by atoms with Crippen molar-refractivity contribution >= 4 is 56.6 Å². The molecule has 2 bridgehead atoms. The van der Waals surface area contributed by atoms with Gasteiger partial charge in [0.1, 0.15) is 11.6 Å². The number of carbonyl (C=O) groups is 3. The predicted octanol–water partition coefficient (Wildman–Crippen LogP) is 3.05. The predicted molar refractivity (Wildman–Crippen MR) is 134 cm³/mol. The van der Waals surface area contributed by atoms with Crippen molar-refractivity contribution in [1.29, 1.82) is 0 Å². The number of rotatable bonds is 7. The smallest absolute Gasteiger partial charge is 0.250 e. The minimum absolute atomic E-state index is 0.130. The molecule has 10 heteroatoms. The monoisotopic (exact) mass is 561 g/mol. The van der Waals surface area contributed by atoms with E-state index in [1.807, 2.05) is 18.2 Å². The van der Waals surface area contributed by atoms with Crippen LogP contribution in [-0.2, 0) is 19.1 Å². The fourth-order valence-electron chi connectivity index (χ4n) is 5.70. The zero-order chi connectivity index (χ0) is 24.7. The number of aliphatic hydroxyl groups excluding tert-OH is 1. The molecule has 3 N–H and O–H groups in total. The number of amides is 3. The van der Waals surface area contributed by atoms with Crippen LogP contribution in [0.5, 0.6) is 0 Å². The molecule has 0 aliphatic carbocycles. The van der Waals surface area contributed by atoms with Gasteiger partial charge in [0.05, 0.1) is 17.9 Å². The molecule has 3 fully saturated rings. The fourth-order valence-corrected chi connectivity index (χ4v) is 6.77. The van der Waals surface area contributed by atoms with E-state index in [0.717, 1.165) is 0 Å². The molecule has 0 aromatic heterocycles. The Morgan fingerprint density at radius 1 is 1.09 bits per heavy atom. The van der Waals surface area contributed by atoms with Gasteiger partial charge >= 0.3 is 0 Å². The molecule has 184 valence electrons. The Balaban J connectivity index is 1.48. The molecule has 3 aliphatic rings. The van der Waals surface area contributed by atoms with Crippen LogP contribution in [-0.4, -0.2) is 63.5 Å². The standard InChI is InChI=1S/C25H25BrClN3O5/c26-17-13-25-19(18(20(17)35-25)22(32)28-15-5-2-1-3-6-15)24(34)30(11-4-12-31)21(25)23(33)29-16-9-7-14(27)8-10-16/h1-3,5-10,17-21,31H,4,11-13H2,(H,28,32)(H,29,33)/t17?,18-,19-,20-,21?,25?/m0/s1. The van der Waals surface area contributed by atoms with E-state index in [0.29, 0.717) is 29.2 Å². The van der Waals surface area contributed by atoms with Crippen LogP contribution in [0.3, 0.4) is 0 Å². The molecule has 35 heavy (non-hydrogen) atoms. The van der Waals surface area contributed by atoms with E-state index in [1.54, 1.807) is 36.4 Å². The summed E-state index contributed by atoms with van der Waals surface area (Å²) in [6.45, 7) is 0.0513. The quantitative estimate of drug-likeness (QED) is 0.450. The number of hydrogen-bond acceptors (Lipinski definition) is 5. The second-order valence-electron chi connectivity index (χ2n) is 9.12. The van der Waals surface area contributed by atoms with E-state index in [4.69, 9.17) is 16.3 Å². The average molecular weight is 563 g/mol. The first-order valence-electron chi connectivity index (χ1n) is 11.5. The molecular weight excluding hydrogens is 538 g/mol. The molecule has 6 atom stereocenters. The van der Waals surface area contributed by atoms with E-state index >= 15 is 0 Å². The molecule has 3 aliphatic heterocycles. The maximum Gasteiger partial charge on any atom is 0.250 e. The molecule has 5 rings (SSSR count). The Kier molecular flexibility index (Phi) is 6.61. The van der Waals surface area contributed by atoms with Gasteiger partial charge in [0, 0.05) is 34.4 Å². The number of benzene rings is 2. The van der Waals surface area contributed by atoms with Crippen molar-refractivity contribution < 1.29 is 24.2 Å². The molecule has 3 amide bonds. The molecule has 1 spiro atoms. The van der Waals surface area contributed by atoms with E-state index in [2.05, 4.69) is 26.6 Å². The van der Waals surface area contributed by atoms with Gasteiger partial charge in [-0.2, -0.15) is 0 Å². The summed E-state index contributed by atoms with van der Waals surface area (Å²) in [6, 6.07) is 14.8. The molecule has 3 saturated heterocycles. The topological polar surface area (TPSA) is 108 Å². The Hall–Kier alpha value is -2.46. The number of halogens is 2. The summed E-state index contributed by atoms with van der Waals surface area (Å²) in [5.74, 6) is -2.57. The van der Waals surface area contributed by atoms with Crippen LogP contribution in [0.25, 0.3) is 0 Å². The molecule has 0 radical (unpaired) electrons. The number of nitrogens with one attached hydrogen (secondary N) is 2. The van der Waals surface area contributed by atoms with Crippen LogP contribution in [0, 0.1) is 11.8 Å². The summed E-state index contributed by atoms with van der Waals surface area (Å²) in [5.41, 5.74) is 0.00999. The minimum Gasteiger partial charge on any atom is -0.396 e. The molecule has 0 saturated carbocycles. The zero-order valence-corrected chi connectivity index (χ0v) is 21.0. The Morgan fingerprint density at radius 2 is 1.74 bits per heavy atom. The fraction of sp³-hybridized carbons (Fsp3) is 0.400. The summed E-state index contributed by atoms with van der Waals surface area (Å²) >= 11 is 9.61. The van der Waals surface area contributed by atoms with Gasteiger partial charge in [-0.15, -0.1) is 0 Å². The summed E-state index contributed by atoms with van der Waals surface area (Å²) in [6.07, 6.45) is 0.178. The highest BCUT2D eigenvalue weighted by Gasteiger charge is 2.76. The summed E-state index contributed by atoms with van der Waals surface area (Å²) in [5, 5.41) is 15.7. The minimum atomic E-state index is -1.15. The van der Waals surface area contributed by atoms with Gasteiger partial charge in [-0.25, -0.2) is 0 Å². The van der Waals surface area contributed by atoms with Crippen molar-refractivity contribution in [2.75, 3.05) is 23.8 Å². The van der Waals surface area contributed by atoms with Crippen molar-refractivity contribution in [3.63, 3.8) is 0 Å². The lowest BCUT2D eigenvalue weighted by Gasteiger charge is -2.34. The van der Waals surface area contributed by atoms with Crippen LogP contribution in [0.2, 0.25) is 5.02 Å². The van der Waals surface area contributed by atoms with Crippen LogP contribution in [0.1, 0.15) is 12.8 Å². The number of para-hydroxylation sites is 1. The maximum atomic E-state index is 13.7. The first-order chi connectivity index (χ1) is 16.9. The van der Waals surface area contributed by atoms with Crippen molar-refractivity contribution in [1.82, 2.24) is 4.90 Å². The van der Waals surface area contributed by atoms with Gasteiger partial charge in [-0.05, 0) is 49.2 Å². The van der Waals surface area contributed by atoms with Crippen LogP contribution >= 0.6 is 27.5 Å². The van der Waals surface area contributed by atoms with Crippen molar-refractivity contribution in [3.8, 4) is 0 Å². The number of ether oxygens (including phenoxy) is 1. The SMILES string of the molecule is O=C(Nc1ccc(Cl)cc1)C1N(CCCO)C(=O)[C@@H]2[C@H](C(=O)Nc3ccccc3)[C@H]3OC12CC3Br. The third-order valence-corrected chi connectivity index (χ3v) is 8.15. The summed E-state index contributed by atoms with van der Waals surface area (Å²) in [4.78, 5) is 42.1. The van der Waals surface area contributed by atoms with Gasteiger partial charge in [0.15, 0.2) is 0 Å². The molecule has 8 nitrogen and oxygen atoms in total. The summed E-state index contributed by atoms with van der Waals surface area (Å²) in [7, 11) is 0. The van der Waals surface area contributed by atoms with Gasteiger partial charge in [0.25, 0.3) is 0 Å². The Morgan fingerprint density at radius 3 is 2.43 bits per heavy atom. The lowest BCUT2D eigenvalue weighted by Crippen LogP contribution is -2.54. The van der Waals surface area contributed by atoms with E-state index in [9.17, 15) is 19.5 Å². The number of aliphatic hydroxyl groups is 1. The lowest BCUT2D eigenvalue weighted by atomic mass is 9.70. The van der Waals surface area contributed by atoms with Crippen LogP contribution in [0.4, 0.5) is 11.4 Å². The average Bonchev–Trinajstić information content (AvgIpc) is 3.43. The number of anilines is 2. The lowest BCUT2D eigenvalue weighted by molar-refractivity contribution is -0.139. The Bertz CT molecular complexity index is 1130. The maximum absolute atomic E-state index is 13.7. The number of hydrogen-bond donors (Lipinski definition) is 3. The number of likely N-dealkylation sites (tertiary alicyclic amines) is 1. The second kappa shape index (κ2) is 9.54. The van der Waals surface area contributed by atoms with Gasteiger partial charge in [-0.3, -0.25) is 14.4 Å². The second-order valence-corrected chi connectivity index (χ2v) is 10.7. The van der Waals surface area contributed by atoms with E-state index in [-0.39, 0.29) is 29.8 Å². The molecule has 2 aromatic rings. The van der Waals surface area contributed by atoms with Crippen molar-refractivity contribution in [2.45, 2.75) is 35.4 Å². The Labute approximate surface area is 216 Å². The highest BCUT2D eigenvalue weighted by molar-refractivity contribution is 9.09. The van der Waals surface area contributed by atoms with E-state index in [1.165, 1.54) is 4.90 Å². The van der Waals surface area contributed by atoms with Crippen molar-refractivity contribution in [2.24, 2.45) is 11.8 Å². The number of alkyl halides is 1. The molecule has 3 unspecified atom stereocenters. The molecule has 3 heterocycles. The molecule has 2 aromatic carbocycles. The van der Waals surface area contributed by atoms with Crippen LogP contribution < -0.4 is 10.6 Å². The van der Waals surface area contributed by atoms with Crippen LogP contribution in [0.15, 0.2) is 54.6 Å². The first-order valence-corrected chi connectivity index (χ1v) is 12.8. The number of fused-ring (bicyclic) bond motifs is 1. The van der Waals surface area contributed by atoms with Gasteiger partial charge in [-0.1, -0.05) is 45.7 Å². The summed E-state index contributed by atoms with van der Waals surface area (Å²) < 4.78 is 6.42. The number of nitrogens with zero attached hydrogens (tertiary/aromatic N) is 1. The first kappa shape index (κ1) is 24.2.